The molecule has 0 aliphatic heterocycles. The van der Waals surface area contributed by atoms with E-state index in [2.05, 4.69) is 13.8 Å². The van der Waals surface area contributed by atoms with Crippen molar-refractivity contribution in [3.8, 4) is 0 Å². The van der Waals surface area contributed by atoms with Gasteiger partial charge in [0.1, 0.15) is 4.75 Å². The molecule has 0 amide bonds. The highest BCUT2D eigenvalue weighted by Crippen LogP contribution is 2.37. The van der Waals surface area contributed by atoms with Gasteiger partial charge < -0.3 is 10.2 Å². The standard InChI is InChI=1S/C20H38O4S/c1-3-5-7-9-11-13-15-20(19(23)24,25-17-18(21)22)16-14-12-10-8-6-4-2/h3-17H2,1-2H3,(H,21,22)(H,23,24). The van der Waals surface area contributed by atoms with Gasteiger partial charge in [0, 0.05) is 0 Å². The van der Waals surface area contributed by atoms with Crippen LogP contribution >= 0.6 is 11.8 Å². The van der Waals surface area contributed by atoms with Crippen LogP contribution in [0.5, 0.6) is 0 Å². The highest BCUT2D eigenvalue weighted by atomic mass is 32.2. The Balaban J connectivity index is 4.48. The molecule has 5 heteroatoms. The Labute approximate surface area is 158 Å². The average Bonchev–Trinajstić information content (AvgIpc) is 2.57. The lowest BCUT2D eigenvalue weighted by atomic mass is 9.93. The van der Waals surface area contributed by atoms with Crippen LogP contribution in [0.25, 0.3) is 0 Å². The maximum absolute atomic E-state index is 12.0. The number of hydrogen-bond acceptors (Lipinski definition) is 3. The highest BCUT2D eigenvalue weighted by molar-refractivity contribution is 8.02. The Morgan fingerprint density at radius 1 is 0.720 bits per heavy atom. The highest BCUT2D eigenvalue weighted by Gasteiger charge is 2.38. The van der Waals surface area contributed by atoms with Crippen molar-refractivity contribution in [2.75, 3.05) is 5.75 Å². The normalized spacial score (nSPS) is 11.6. The lowest BCUT2D eigenvalue weighted by Crippen LogP contribution is -2.36. The first-order valence-corrected chi connectivity index (χ1v) is 11.1. The van der Waals surface area contributed by atoms with E-state index in [4.69, 9.17) is 5.11 Å². The maximum Gasteiger partial charge on any atom is 0.319 e. The third-order valence-electron chi connectivity index (χ3n) is 4.73. The average molecular weight is 375 g/mol. The monoisotopic (exact) mass is 374 g/mol. The predicted octanol–water partition coefficient (Wildman–Crippen LogP) is 6.13. The van der Waals surface area contributed by atoms with Gasteiger partial charge in [-0.2, -0.15) is 0 Å². The van der Waals surface area contributed by atoms with Crippen LogP contribution in [0.2, 0.25) is 0 Å². The van der Waals surface area contributed by atoms with Gasteiger partial charge in [-0.15, -0.1) is 11.8 Å². The maximum atomic E-state index is 12.0. The van der Waals surface area contributed by atoms with E-state index in [0.717, 1.165) is 50.3 Å². The first-order valence-electron chi connectivity index (χ1n) is 10.1. The van der Waals surface area contributed by atoms with Crippen LogP contribution in [0.15, 0.2) is 0 Å². The molecule has 0 heterocycles. The van der Waals surface area contributed by atoms with E-state index in [9.17, 15) is 14.7 Å². The van der Waals surface area contributed by atoms with Crippen molar-refractivity contribution in [3.05, 3.63) is 0 Å². The van der Waals surface area contributed by atoms with Crippen LogP contribution in [0.3, 0.4) is 0 Å². The van der Waals surface area contributed by atoms with E-state index in [-0.39, 0.29) is 5.75 Å². The fraction of sp³-hybridized carbons (Fsp3) is 0.900. The molecule has 0 unspecified atom stereocenters. The number of carboxylic acids is 2. The van der Waals surface area contributed by atoms with Gasteiger partial charge in [-0.3, -0.25) is 9.59 Å². The molecule has 0 saturated heterocycles. The van der Waals surface area contributed by atoms with Gasteiger partial charge in [-0.05, 0) is 12.8 Å². The fourth-order valence-electron chi connectivity index (χ4n) is 3.13. The molecule has 0 rings (SSSR count). The molecule has 25 heavy (non-hydrogen) atoms. The van der Waals surface area contributed by atoms with E-state index >= 15 is 0 Å². The molecular formula is C20H38O4S. The van der Waals surface area contributed by atoms with Crippen LogP contribution in [0.4, 0.5) is 0 Å². The van der Waals surface area contributed by atoms with E-state index in [1.807, 2.05) is 0 Å². The molecule has 0 bridgehead atoms. The van der Waals surface area contributed by atoms with Crippen LogP contribution in [-0.2, 0) is 9.59 Å². The predicted molar refractivity (Wildman–Crippen MR) is 106 cm³/mol. The minimum Gasteiger partial charge on any atom is -0.481 e. The Kier molecular flexibility index (Phi) is 15.1. The zero-order valence-electron chi connectivity index (χ0n) is 16.2. The van der Waals surface area contributed by atoms with Crippen LogP contribution in [-0.4, -0.2) is 32.7 Å². The second kappa shape index (κ2) is 15.5. The Bertz CT molecular complexity index is 342. The summed E-state index contributed by atoms with van der Waals surface area (Å²) >= 11 is 1.12. The molecule has 0 spiro atoms. The Morgan fingerprint density at radius 2 is 1.12 bits per heavy atom. The first-order chi connectivity index (χ1) is 12.0. The lowest BCUT2D eigenvalue weighted by Gasteiger charge is -2.28. The quantitative estimate of drug-likeness (QED) is 0.282. The van der Waals surface area contributed by atoms with Crippen molar-refractivity contribution in [2.45, 2.75) is 108 Å². The van der Waals surface area contributed by atoms with Gasteiger partial charge in [0.15, 0.2) is 0 Å². The van der Waals surface area contributed by atoms with Crippen LogP contribution in [0, 0.1) is 0 Å². The van der Waals surface area contributed by atoms with Gasteiger partial charge in [0.05, 0.1) is 5.75 Å². The molecule has 0 aromatic heterocycles. The topological polar surface area (TPSA) is 74.6 Å². The molecule has 4 nitrogen and oxygen atoms in total. The van der Waals surface area contributed by atoms with Gasteiger partial charge in [-0.1, -0.05) is 90.9 Å². The second-order valence-corrected chi connectivity index (χ2v) is 8.38. The third-order valence-corrected chi connectivity index (χ3v) is 6.26. The summed E-state index contributed by atoms with van der Waals surface area (Å²) in [6.45, 7) is 4.36. The summed E-state index contributed by atoms with van der Waals surface area (Å²) in [5, 5.41) is 18.8. The number of carboxylic acid groups (broad SMARTS) is 2. The third kappa shape index (κ3) is 12.3. The minimum atomic E-state index is -0.929. The summed E-state index contributed by atoms with van der Waals surface area (Å²) in [7, 11) is 0. The largest absolute Gasteiger partial charge is 0.481 e. The Hall–Kier alpha value is -0.710. The van der Waals surface area contributed by atoms with Gasteiger partial charge in [-0.25, -0.2) is 0 Å². The molecule has 0 atom stereocenters. The van der Waals surface area contributed by atoms with Gasteiger partial charge >= 0.3 is 11.9 Å². The van der Waals surface area contributed by atoms with Crippen LogP contribution in [0.1, 0.15) is 104 Å². The number of hydrogen-bond donors (Lipinski definition) is 2. The second-order valence-electron chi connectivity index (χ2n) is 7.02. The van der Waals surface area contributed by atoms with Gasteiger partial charge in [0.25, 0.3) is 0 Å². The van der Waals surface area contributed by atoms with E-state index in [1.54, 1.807) is 0 Å². The molecule has 2 N–H and O–H groups in total. The van der Waals surface area contributed by atoms with Crippen molar-refractivity contribution >= 4 is 23.7 Å². The first kappa shape index (κ1) is 24.3. The molecule has 0 aromatic rings. The zero-order valence-corrected chi connectivity index (χ0v) is 17.0. The zero-order chi connectivity index (χ0) is 19.0. The van der Waals surface area contributed by atoms with Crippen LogP contribution < -0.4 is 0 Å². The number of unbranched alkanes of at least 4 members (excludes halogenated alkanes) is 10. The van der Waals surface area contributed by atoms with Crippen molar-refractivity contribution in [3.63, 3.8) is 0 Å². The summed E-state index contributed by atoms with van der Waals surface area (Å²) in [6, 6.07) is 0. The van der Waals surface area contributed by atoms with E-state index in [1.165, 1.54) is 38.5 Å². The number of carbonyl (C=O) groups is 2. The van der Waals surface area contributed by atoms with E-state index < -0.39 is 16.7 Å². The summed E-state index contributed by atoms with van der Waals surface area (Å²) < 4.78 is -0.923. The molecule has 0 radical (unpaired) electrons. The molecule has 0 aromatic carbocycles. The number of rotatable bonds is 18. The molecule has 0 aliphatic carbocycles. The molecular weight excluding hydrogens is 336 g/mol. The minimum absolute atomic E-state index is 0.127. The van der Waals surface area contributed by atoms with E-state index in [0.29, 0.717) is 12.8 Å². The van der Waals surface area contributed by atoms with Crippen molar-refractivity contribution < 1.29 is 19.8 Å². The van der Waals surface area contributed by atoms with Crippen molar-refractivity contribution in [1.82, 2.24) is 0 Å². The fourth-order valence-corrected chi connectivity index (χ4v) is 4.23. The Morgan fingerprint density at radius 3 is 1.48 bits per heavy atom. The smallest absolute Gasteiger partial charge is 0.319 e. The molecule has 148 valence electrons. The van der Waals surface area contributed by atoms with Crippen molar-refractivity contribution in [1.29, 1.82) is 0 Å². The van der Waals surface area contributed by atoms with Gasteiger partial charge in [0.2, 0.25) is 0 Å². The number of thioether (sulfide) groups is 1. The molecule has 0 saturated carbocycles. The molecule has 0 aliphatic rings. The summed E-state index contributed by atoms with van der Waals surface area (Å²) in [4.78, 5) is 22.9. The SMILES string of the molecule is CCCCCCCCC(CCCCCCCC)(SCC(=O)O)C(=O)O. The summed E-state index contributed by atoms with van der Waals surface area (Å²) in [6.07, 6.45) is 14.6. The summed E-state index contributed by atoms with van der Waals surface area (Å²) in [5.74, 6) is -1.89. The lowest BCUT2D eigenvalue weighted by molar-refractivity contribution is -0.140. The number of aliphatic carboxylic acids is 2. The summed E-state index contributed by atoms with van der Waals surface area (Å²) in [5.41, 5.74) is 0. The molecule has 0 fully saturated rings. The van der Waals surface area contributed by atoms with Crippen molar-refractivity contribution in [2.24, 2.45) is 0 Å².